The van der Waals surface area contributed by atoms with Crippen LogP contribution in [0.3, 0.4) is 0 Å². The molecule has 0 aromatic heterocycles. The van der Waals surface area contributed by atoms with E-state index < -0.39 is 0 Å². The summed E-state index contributed by atoms with van der Waals surface area (Å²) in [6, 6.07) is 8.29. The minimum atomic E-state index is 0.0512. The van der Waals surface area contributed by atoms with Gasteiger partial charge in [0.15, 0.2) is 6.61 Å². The van der Waals surface area contributed by atoms with Crippen molar-refractivity contribution in [3.8, 4) is 5.75 Å². The van der Waals surface area contributed by atoms with Crippen molar-refractivity contribution in [2.24, 2.45) is 5.73 Å². The number of rotatable bonds is 4. The number of carbonyl (C=O) groups is 1. The fourth-order valence-corrected chi connectivity index (χ4v) is 2.74. The summed E-state index contributed by atoms with van der Waals surface area (Å²) in [6.45, 7) is 4.98. The van der Waals surface area contributed by atoms with Crippen LogP contribution >= 0.6 is 0 Å². The van der Waals surface area contributed by atoms with E-state index in [0.717, 1.165) is 37.1 Å². The number of piperidine rings is 1. The Morgan fingerprint density at radius 1 is 1.45 bits per heavy atom. The van der Waals surface area contributed by atoms with Crippen molar-refractivity contribution in [2.45, 2.75) is 45.2 Å². The van der Waals surface area contributed by atoms with Crippen LogP contribution in [0.2, 0.25) is 0 Å². The van der Waals surface area contributed by atoms with Crippen molar-refractivity contribution in [3.05, 3.63) is 29.8 Å². The first-order chi connectivity index (χ1) is 9.61. The number of hydrogen-bond acceptors (Lipinski definition) is 3. The fourth-order valence-electron chi connectivity index (χ4n) is 2.74. The molecule has 1 aromatic carbocycles. The molecule has 1 saturated heterocycles. The summed E-state index contributed by atoms with van der Waals surface area (Å²) < 4.78 is 5.70. The third-order valence-corrected chi connectivity index (χ3v) is 3.94. The van der Waals surface area contributed by atoms with Gasteiger partial charge in [-0.3, -0.25) is 4.79 Å². The number of likely N-dealkylation sites (tertiary alicyclic amines) is 1. The predicted molar refractivity (Wildman–Crippen MR) is 79.7 cm³/mol. The third kappa shape index (κ3) is 3.51. The van der Waals surface area contributed by atoms with E-state index in [4.69, 9.17) is 10.5 Å². The summed E-state index contributed by atoms with van der Waals surface area (Å²) in [5, 5.41) is 0. The summed E-state index contributed by atoms with van der Waals surface area (Å²) in [7, 11) is 0. The number of benzene rings is 1. The van der Waals surface area contributed by atoms with E-state index >= 15 is 0 Å². The first kappa shape index (κ1) is 14.9. The van der Waals surface area contributed by atoms with Crippen molar-refractivity contribution in [3.63, 3.8) is 0 Å². The minimum absolute atomic E-state index is 0.0512. The SMILES string of the molecule is CCc1ccccc1OCC(=O)N1CC[C@H](N)C[C@@H]1C. The molecule has 1 aromatic rings. The van der Waals surface area contributed by atoms with Gasteiger partial charge in [0, 0.05) is 18.6 Å². The van der Waals surface area contributed by atoms with Crippen LogP contribution < -0.4 is 10.5 Å². The molecule has 1 aliphatic heterocycles. The molecule has 110 valence electrons. The molecule has 0 radical (unpaired) electrons. The van der Waals surface area contributed by atoms with Crippen LogP contribution in [-0.4, -0.2) is 36.0 Å². The molecule has 0 spiro atoms. The number of hydrogen-bond donors (Lipinski definition) is 1. The Morgan fingerprint density at radius 3 is 2.90 bits per heavy atom. The van der Waals surface area contributed by atoms with Crippen LogP contribution in [0.4, 0.5) is 0 Å². The summed E-state index contributed by atoms with van der Waals surface area (Å²) in [5.41, 5.74) is 7.05. The second-order valence-electron chi connectivity index (χ2n) is 5.47. The largest absolute Gasteiger partial charge is 0.483 e. The molecule has 0 bridgehead atoms. The number of para-hydroxylation sites is 1. The molecule has 2 atom stereocenters. The number of amides is 1. The average Bonchev–Trinajstić information content (AvgIpc) is 2.45. The smallest absolute Gasteiger partial charge is 0.260 e. The minimum Gasteiger partial charge on any atom is -0.483 e. The Morgan fingerprint density at radius 2 is 2.20 bits per heavy atom. The number of ether oxygens (including phenoxy) is 1. The van der Waals surface area contributed by atoms with Crippen molar-refractivity contribution >= 4 is 5.91 Å². The second kappa shape index (κ2) is 6.75. The van der Waals surface area contributed by atoms with E-state index in [1.807, 2.05) is 29.2 Å². The van der Waals surface area contributed by atoms with E-state index in [9.17, 15) is 4.79 Å². The molecule has 0 saturated carbocycles. The molecule has 1 aliphatic rings. The van der Waals surface area contributed by atoms with Gasteiger partial charge < -0.3 is 15.4 Å². The quantitative estimate of drug-likeness (QED) is 0.914. The Kier molecular flexibility index (Phi) is 5.01. The topological polar surface area (TPSA) is 55.6 Å². The Labute approximate surface area is 120 Å². The standard InChI is InChI=1S/C16H24N2O2/c1-3-13-6-4-5-7-15(13)20-11-16(19)18-9-8-14(17)10-12(18)2/h4-7,12,14H,3,8-11,17H2,1-2H3/t12-,14-/m0/s1. The van der Waals surface area contributed by atoms with E-state index in [2.05, 4.69) is 13.8 Å². The van der Waals surface area contributed by atoms with Crippen LogP contribution in [-0.2, 0) is 11.2 Å². The van der Waals surface area contributed by atoms with Crippen LogP contribution in [0, 0.1) is 0 Å². The maximum Gasteiger partial charge on any atom is 0.260 e. The fraction of sp³-hybridized carbons (Fsp3) is 0.562. The molecular weight excluding hydrogens is 252 g/mol. The van der Waals surface area contributed by atoms with Gasteiger partial charge in [-0.05, 0) is 37.8 Å². The van der Waals surface area contributed by atoms with Gasteiger partial charge in [-0.2, -0.15) is 0 Å². The zero-order valence-corrected chi connectivity index (χ0v) is 12.3. The molecule has 4 heteroatoms. The summed E-state index contributed by atoms with van der Waals surface area (Å²) in [6.07, 6.45) is 2.65. The van der Waals surface area contributed by atoms with Gasteiger partial charge in [0.1, 0.15) is 5.75 Å². The molecule has 20 heavy (non-hydrogen) atoms. The van der Waals surface area contributed by atoms with Crippen LogP contribution in [0.1, 0.15) is 32.3 Å². The highest BCUT2D eigenvalue weighted by atomic mass is 16.5. The van der Waals surface area contributed by atoms with Crippen molar-refractivity contribution in [1.29, 1.82) is 0 Å². The summed E-state index contributed by atoms with van der Waals surface area (Å²) >= 11 is 0. The molecule has 1 fully saturated rings. The molecule has 1 heterocycles. The van der Waals surface area contributed by atoms with Gasteiger partial charge >= 0.3 is 0 Å². The lowest BCUT2D eigenvalue weighted by molar-refractivity contribution is -0.136. The van der Waals surface area contributed by atoms with Crippen LogP contribution in [0.25, 0.3) is 0 Å². The van der Waals surface area contributed by atoms with Crippen molar-refractivity contribution in [1.82, 2.24) is 4.90 Å². The van der Waals surface area contributed by atoms with E-state index in [1.54, 1.807) is 0 Å². The lowest BCUT2D eigenvalue weighted by atomic mass is 9.99. The molecular formula is C16H24N2O2. The molecule has 0 unspecified atom stereocenters. The molecule has 2 rings (SSSR count). The van der Waals surface area contributed by atoms with Crippen LogP contribution in [0.5, 0.6) is 5.75 Å². The molecule has 2 N–H and O–H groups in total. The van der Waals surface area contributed by atoms with Gasteiger partial charge in [-0.15, -0.1) is 0 Å². The second-order valence-corrected chi connectivity index (χ2v) is 5.47. The average molecular weight is 276 g/mol. The lowest BCUT2D eigenvalue weighted by Gasteiger charge is -2.36. The van der Waals surface area contributed by atoms with Crippen molar-refractivity contribution < 1.29 is 9.53 Å². The van der Waals surface area contributed by atoms with Gasteiger partial charge in [0.2, 0.25) is 0 Å². The number of carbonyl (C=O) groups excluding carboxylic acids is 1. The third-order valence-electron chi connectivity index (χ3n) is 3.94. The predicted octanol–water partition coefficient (Wildman–Crippen LogP) is 1.97. The van der Waals surface area contributed by atoms with E-state index in [0.29, 0.717) is 0 Å². The van der Waals surface area contributed by atoms with Crippen LogP contribution in [0.15, 0.2) is 24.3 Å². The molecule has 4 nitrogen and oxygen atoms in total. The highest BCUT2D eigenvalue weighted by molar-refractivity contribution is 5.78. The number of aryl methyl sites for hydroxylation is 1. The summed E-state index contributed by atoms with van der Waals surface area (Å²) in [5.74, 6) is 0.861. The normalized spacial score (nSPS) is 22.6. The number of nitrogens with zero attached hydrogens (tertiary/aromatic N) is 1. The molecule has 1 amide bonds. The first-order valence-electron chi connectivity index (χ1n) is 7.37. The zero-order valence-electron chi connectivity index (χ0n) is 12.3. The van der Waals surface area contributed by atoms with Gasteiger partial charge in [-0.1, -0.05) is 25.1 Å². The van der Waals surface area contributed by atoms with Gasteiger partial charge in [0.05, 0.1) is 0 Å². The maximum absolute atomic E-state index is 12.2. The zero-order chi connectivity index (χ0) is 14.5. The van der Waals surface area contributed by atoms with Crippen molar-refractivity contribution in [2.75, 3.05) is 13.2 Å². The van der Waals surface area contributed by atoms with E-state index in [1.165, 1.54) is 0 Å². The van der Waals surface area contributed by atoms with Gasteiger partial charge in [0.25, 0.3) is 5.91 Å². The lowest BCUT2D eigenvalue weighted by Crippen LogP contribution is -2.49. The monoisotopic (exact) mass is 276 g/mol. The highest BCUT2D eigenvalue weighted by Crippen LogP contribution is 2.20. The molecule has 0 aliphatic carbocycles. The Balaban J connectivity index is 1.92. The van der Waals surface area contributed by atoms with E-state index in [-0.39, 0.29) is 24.6 Å². The number of nitrogens with two attached hydrogens (primary N) is 1. The maximum atomic E-state index is 12.2. The Bertz CT molecular complexity index is 462. The van der Waals surface area contributed by atoms with Gasteiger partial charge in [-0.25, -0.2) is 0 Å². The summed E-state index contributed by atoms with van der Waals surface area (Å²) in [4.78, 5) is 14.1. The first-order valence-corrected chi connectivity index (χ1v) is 7.37. The highest BCUT2D eigenvalue weighted by Gasteiger charge is 2.27. The Hall–Kier alpha value is -1.55.